The molecule has 1 aliphatic carbocycles. The van der Waals surface area contributed by atoms with E-state index >= 15 is 0 Å². The quantitative estimate of drug-likeness (QED) is 0.191. The monoisotopic (exact) mass is 660 g/mol. The topological polar surface area (TPSA) is 120 Å². The average Bonchev–Trinajstić information content (AvgIpc) is 3.67. The molecular weight excluding hydrogens is 620 g/mol. The second kappa shape index (κ2) is 16.8. The number of benzene rings is 1. The van der Waals surface area contributed by atoms with E-state index in [0.29, 0.717) is 5.88 Å². The number of halogens is 1. The summed E-state index contributed by atoms with van der Waals surface area (Å²) in [6.07, 6.45) is 7.55. The number of hydrogen-bond acceptors (Lipinski definition) is 9. The molecular formula is C32H41ClN4O5S2. The Morgan fingerprint density at radius 1 is 0.977 bits per heavy atom. The lowest BCUT2D eigenvalue weighted by Gasteiger charge is -2.12. The van der Waals surface area contributed by atoms with Gasteiger partial charge in [0.25, 0.3) is 0 Å². The van der Waals surface area contributed by atoms with Gasteiger partial charge in [-0.25, -0.2) is 23.1 Å². The summed E-state index contributed by atoms with van der Waals surface area (Å²) in [5.41, 5.74) is 2.57. The standard InChI is InChI=1S/C15H14N2OS.C9H16O2.C8H11ClN2O2S/c1-10(2)18-15-14(13-8-5-9-19-13)16-11-6-3-4-7-12(11)17-15;1-7(2)9(10)11-8-5-3-4-6-8;1-6(2)11-14(12,13)8-5-10-4-3-7(8)9/h3-10H,1-2H3;7-8H,3-6H2,1-2H3;3-6,11H,1-2H3. The van der Waals surface area contributed by atoms with E-state index in [0.717, 1.165) is 34.4 Å². The Balaban J connectivity index is 0.000000189. The van der Waals surface area contributed by atoms with E-state index in [9.17, 15) is 13.2 Å². The maximum absolute atomic E-state index is 11.6. The number of hydrogen-bond donors (Lipinski definition) is 1. The highest BCUT2D eigenvalue weighted by Gasteiger charge is 2.21. The first kappa shape index (κ1) is 35.4. The predicted octanol–water partition coefficient (Wildman–Crippen LogP) is 7.70. The van der Waals surface area contributed by atoms with Crippen molar-refractivity contribution in [1.82, 2.24) is 19.7 Å². The third-order valence-electron chi connectivity index (χ3n) is 6.11. The van der Waals surface area contributed by atoms with Crippen LogP contribution in [-0.4, -0.2) is 47.6 Å². The number of thiophene rings is 1. The Kier molecular flexibility index (Phi) is 13.5. The van der Waals surface area contributed by atoms with Crippen molar-refractivity contribution in [2.75, 3.05) is 0 Å². The van der Waals surface area contributed by atoms with Crippen LogP contribution in [0.1, 0.15) is 67.2 Å². The SMILES string of the molecule is CC(C)C(=O)OC1CCCC1.CC(C)NS(=O)(=O)c1cnccc1Cl.CC(C)Oc1nc2ccccc2nc1-c1cccs1. The summed E-state index contributed by atoms with van der Waals surface area (Å²) in [6.45, 7) is 11.2. The van der Waals surface area contributed by atoms with Gasteiger partial charge in [0.1, 0.15) is 16.7 Å². The fourth-order valence-electron chi connectivity index (χ4n) is 4.10. The number of pyridine rings is 1. The lowest BCUT2D eigenvalue weighted by molar-refractivity contribution is -0.152. The fraction of sp³-hybridized carbons (Fsp3) is 0.438. The zero-order chi connectivity index (χ0) is 32.3. The summed E-state index contributed by atoms with van der Waals surface area (Å²) in [4.78, 5) is 25.2. The third kappa shape index (κ3) is 10.8. The number of esters is 1. The normalized spacial score (nSPS) is 13.4. The van der Waals surface area contributed by atoms with E-state index in [2.05, 4.69) is 14.7 Å². The van der Waals surface area contributed by atoms with Gasteiger partial charge in [-0.15, -0.1) is 11.3 Å². The van der Waals surface area contributed by atoms with Crippen LogP contribution in [0.4, 0.5) is 0 Å². The molecule has 1 aromatic carbocycles. The van der Waals surface area contributed by atoms with Crippen molar-refractivity contribution in [1.29, 1.82) is 0 Å². The molecule has 238 valence electrons. The van der Waals surface area contributed by atoms with Crippen molar-refractivity contribution in [3.63, 3.8) is 0 Å². The maximum Gasteiger partial charge on any atom is 0.308 e. The number of ether oxygens (including phenoxy) is 2. The van der Waals surface area contributed by atoms with Gasteiger partial charge in [0, 0.05) is 18.4 Å². The highest BCUT2D eigenvalue weighted by molar-refractivity contribution is 7.89. The van der Waals surface area contributed by atoms with Crippen LogP contribution in [-0.2, 0) is 19.6 Å². The molecule has 44 heavy (non-hydrogen) atoms. The van der Waals surface area contributed by atoms with Crippen LogP contribution in [0, 0.1) is 5.92 Å². The second-order valence-electron chi connectivity index (χ2n) is 11.1. The van der Waals surface area contributed by atoms with E-state index in [4.69, 9.17) is 26.1 Å². The molecule has 0 bridgehead atoms. The zero-order valence-electron chi connectivity index (χ0n) is 26.0. The van der Waals surface area contributed by atoms with Crippen LogP contribution in [0.15, 0.2) is 65.1 Å². The largest absolute Gasteiger partial charge is 0.473 e. The van der Waals surface area contributed by atoms with Gasteiger partial charge in [0.05, 0.1) is 33.0 Å². The molecule has 3 heterocycles. The number of rotatable bonds is 8. The van der Waals surface area contributed by atoms with Gasteiger partial charge in [0.15, 0.2) is 0 Å². The minimum atomic E-state index is -3.53. The van der Waals surface area contributed by atoms with E-state index in [1.54, 1.807) is 25.2 Å². The highest BCUT2D eigenvalue weighted by atomic mass is 35.5. The number of carbonyl (C=O) groups excluding carboxylic acids is 1. The minimum Gasteiger partial charge on any atom is -0.473 e. The van der Waals surface area contributed by atoms with E-state index in [-0.39, 0.29) is 40.1 Å². The van der Waals surface area contributed by atoms with Crippen LogP contribution in [0.2, 0.25) is 5.02 Å². The Bertz CT molecular complexity index is 1590. The maximum atomic E-state index is 11.6. The first-order valence-electron chi connectivity index (χ1n) is 14.7. The molecule has 1 fully saturated rings. The van der Waals surface area contributed by atoms with Crippen molar-refractivity contribution < 1.29 is 22.7 Å². The summed E-state index contributed by atoms with van der Waals surface area (Å²) in [5.74, 6) is 0.587. The second-order valence-corrected chi connectivity index (χ2v) is 14.1. The number of nitrogens with one attached hydrogen (secondary N) is 1. The van der Waals surface area contributed by atoms with Crippen LogP contribution < -0.4 is 9.46 Å². The number of carbonyl (C=O) groups is 1. The summed E-state index contributed by atoms with van der Waals surface area (Å²) in [6, 6.07) is 13.2. The third-order valence-corrected chi connectivity index (χ3v) is 9.12. The Morgan fingerprint density at radius 3 is 2.18 bits per heavy atom. The molecule has 5 rings (SSSR count). The molecule has 4 aromatic rings. The molecule has 12 heteroatoms. The molecule has 0 aliphatic heterocycles. The first-order chi connectivity index (χ1) is 20.9. The smallest absolute Gasteiger partial charge is 0.308 e. The van der Waals surface area contributed by atoms with Gasteiger partial charge in [-0.2, -0.15) is 0 Å². The minimum absolute atomic E-state index is 0.00960. The lowest BCUT2D eigenvalue weighted by Crippen LogP contribution is -2.30. The summed E-state index contributed by atoms with van der Waals surface area (Å²) >= 11 is 7.38. The number of nitrogens with zero attached hydrogens (tertiary/aromatic N) is 3. The van der Waals surface area contributed by atoms with Crippen molar-refractivity contribution in [2.24, 2.45) is 5.92 Å². The predicted molar refractivity (Wildman–Crippen MR) is 177 cm³/mol. The zero-order valence-corrected chi connectivity index (χ0v) is 28.4. The van der Waals surface area contributed by atoms with Crippen LogP contribution >= 0.6 is 22.9 Å². The highest BCUT2D eigenvalue weighted by Crippen LogP contribution is 2.32. The summed E-state index contributed by atoms with van der Waals surface area (Å²) in [7, 11) is -3.53. The molecule has 0 amide bonds. The van der Waals surface area contributed by atoms with E-state index in [1.807, 2.05) is 69.5 Å². The Hall–Kier alpha value is -3.12. The van der Waals surface area contributed by atoms with Gasteiger partial charge in [-0.1, -0.05) is 43.6 Å². The average molecular weight is 661 g/mol. The lowest BCUT2D eigenvalue weighted by atomic mass is 10.2. The molecule has 1 saturated carbocycles. The number of aromatic nitrogens is 3. The van der Waals surface area contributed by atoms with Gasteiger partial charge in [-0.3, -0.25) is 9.78 Å². The number of fused-ring (bicyclic) bond motifs is 1. The number of para-hydroxylation sites is 2. The van der Waals surface area contributed by atoms with Crippen LogP contribution in [0.25, 0.3) is 21.6 Å². The van der Waals surface area contributed by atoms with Gasteiger partial charge in [-0.05, 0) is 83.0 Å². The number of sulfonamides is 1. The fourth-order valence-corrected chi connectivity index (χ4v) is 6.49. The van der Waals surface area contributed by atoms with Gasteiger partial charge in [0.2, 0.25) is 15.9 Å². The molecule has 0 radical (unpaired) electrons. The molecule has 9 nitrogen and oxygen atoms in total. The molecule has 0 atom stereocenters. The van der Waals surface area contributed by atoms with Crippen molar-refractivity contribution in [3.05, 3.63) is 65.3 Å². The molecule has 3 aromatic heterocycles. The van der Waals surface area contributed by atoms with Crippen molar-refractivity contribution >= 4 is 50.0 Å². The summed E-state index contributed by atoms with van der Waals surface area (Å²) < 4.78 is 36.7. The molecule has 1 aliphatic rings. The summed E-state index contributed by atoms with van der Waals surface area (Å²) in [5, 5.41) is 2.21. The molecule has 0 saturated heterocycles. The molecule has 0 spiro atoms. The Labute approximate surface area is 269 Å². The van der Waals surface area contributed by atoms with E-state index in [1.165, 1.54) is 31.3 Å². The first-order valence-corrected chi connectivity index (χ1v) is 17.4. The van der Waals surface area contributed by atoms with Crippen molar-refractivity contribution in [3.8, 4) is 16.5 Å². The molecule has 1 N–H and O–H groups in total. The van der Waals surface area contributed by atoms with Crippen LogP contribution in [0.3, 0.4) is 0 Å². The van der Waals surface area contributed by atoms with Crippen LogP contribution in [0.5, 0.6) is 5.88 Å². The van der Waals surface area contributed by atoms with E-state index < -0.39 is 10.0 Å². The Morgan fingerprint density at radius 2 is 1.64 bits per heavy atom. The van der Waals surface area contributed by atoms with Crippen molar-refractivity contribution in [2.45, 2.75) is 90.4 Å². The molecule has 0 unspecified atom stereocenters. The van der Waals surface area contributed by atoms with Gasteiger partial charge < -0.3 is 9.47 Å². The van der Waals surface area contributed by atoms with Gasteiger partial charge >= 0.3 is 5.97 Å².